The van der Waals surface area contributed by atoms with Crippen LogP contribution in [0.1, 0.15) is 25.3 Å². The third-order valence-electron chi connectivity index (χ3n) is 4.13. The smallest absolute Gasteiger partial charge is 0.115 e. The number of nitrogens with one attached hydrogen (secondary N) is 1. The Hall–Kier alpha value is -1.06. The van der Waals surface area contributed by atoms with Crippen molar-refractivity contribution in [2.24, 2.45) is 5.92 Å². The minimum Gasteiger partial charge on any atom is -0.508 e. The highest BCUT2D eigenvalue weighted by molar-refractivity contribution is 5.26. The Kier molecular flexibility index (Phi) is 5.23. The highest BCUT2D eigenvalue weighted by atomic mass is 16.3. The molecule has 0 bridgehead atoms. The van der Waals surface area contributed by atoms with E-state index in [1.165, 1.54) is 31.5 Å². The Morgan fingerprint density at radius 3 is 2.79 bits per heavy atom. The highest BCUT2D eigenvalue weighted by Crippen LogP contribution is 2.20. The maximum Gasteiger partial charge on any atom is 0.115 e. The number of nitrogens with zero attached hydrogens (tertiary/aromatic N) is 1. The number of phenols is 1. The molecular weight excluding hydrogens is 236 g/mol. The minimum absolute atomic E-state index is 0.350. The molecule has 19 heavy (non-hydrogen) atoms. The topological polar surface area (TPSA) is 35.5 Å². The van der Waals surface area contributed by atoms with Crippen LogP contribution in [0.5, 0.6) is 5.75 Å². The molecule has 2 atom stereocenters. The van der Waals surface area contributed by atoms with Gasteiger partial charge in [-0.1, -0.05) is 12.1 Å². The van der Waals surface area contributed by atoms with Crippen LogP contribution in [-0.2, 0) is 6.42 Å². The van der Waals surface area contributed by atoms with E-state index in [4.69, 9.17) is 0 Å². The first kappa shape index (κ1) is 14.4. The van der Waals surface area contributed by atoms with Crippen LogP contribution in [-0.4, -0.2) is 42.7 Å². The van der Waals surface area contributed by atoms with Gasteiger partial charge in [-0.05, 0) is 69.9 Å². The van der Waals surface area contributed by atoms with Gasteiger partial charge in [0, 0.05) is 12.6 Å². The van der Waals surface area contributed by atoms with E-state index < -0.39 is 0 Å². The lowest BCUT2D eigenvalue weighted by Crippen LogP contribution is -2.44. The molecule has 1 aliphatic heterocycles. The van der Waals surface area contributed by atoms with Crippen molar-refractivity contribution in [3.8, 4) is 5.75 Å². The van der Waals surface area contributed by atoms with E-state index >= 15 is 0 Å². The number of rotatable bonds is 5. The molecule has 1 fully saturated rings. The molecule has 0 aromatic heterocycles. The van der Waals surface area contributed by atoms with Crippen molar-refractivity contribution in [3.63, 3.8) is 0 Å². The maximum atomic E-state index is 9.32. The first-order valence-electron chi connectivity index (χ1n) is 7.35. The molecular formula is C16H26N2O. The zero-order valence-corrected chi connectivity index (χ0v) is 12.1. The lowest BCUT2D eigenvalue weighted by molar-refractivity contribution is 0.131. The molecule has 1 aromatic carbocycles. The van der Waals surface area contributed by atoms with Crippen LogP contribution < -0.4 is 5.32 Å². The van der Waals surface area contributed by atoms with Crippen molar-refractivity contribution in [1.29, 1.82) is 0 Å². The van der Waals surface area contributed by atoms with Gasteiger partial charge in [-0.3, -0.25) is 0 Å². The summed E-state index contributed by atoms with van der Waals surface area (Å²) in [6.07, 6.45) is 3.72. The van der Waals surface area contributed by atoms with Gasteiger partial charge in [0.15, 0.2) is 0 Å². The Labute approximate surface area is 116 Å². The van der Waals surface area contributed by atoms with Gasteiger partial charge in [-0.2, -0.15) is 0 Å². The Morgan fingerprint density at radius 1 is 1.37 bits per heavy atom. The maximum absolute atomic E-state index is 9.32. The monoisotopic (exact) mass is 262 g/mol. The van der Waals surface area contributed by atoms with Crippen LogP contribution in [0.2, 0.25) is 0 Å². The summed E-state index contributed by atoms with van der Waals surface area (Å²) in [5, 5.41) is 12.6. The summed E-state index contributed by atoms with van der Waals surface area (Å²) >= 11 is 0. The normalized spacial score (nSPS) is 22.3. The summed E-state index contributed by atoms with van der Waals surface area (Å²) < 4.78 is 0. The van der Waals surface area contributed by atoms with Crippen LogP contribution >= 0.6 is 0 Å². The van der Waals surface area contributed by atoms with E-state index in [9.17, 15) is 5.11 Å². The van der Waals surface area contributed by atoms with Crippen molar-refractivity contribution in [2.75, 3.05) is 26.7 Å². The van der Waals surface area contributed by atoms with Gasteiger partial charge in [0.05, 0.1) is 0 Å². The Morgan fingerprint density at radius 2 is 2.11 bits per heavy atom. The molecule has 0 radical (unpaired) electrons. The molecule has 1 aromatic rings. The number of aromatic hydroxyl groups is 1. The van der Waals surface area contributed by atoms with Crippen LogP contribution in [0, 0.1) is 5.92 Å². The van der Waals surface area contributed by atoms with Gasteiger partial charge < -0.3 is 15.3 Å². The summed E-state index contributed by atoms with van der Waals surface area (Å²) in [6, 6.07) is 8.19. The molecule has 106 valence electrons. The molecule has 0 spiro atoms. The standard InChI is InChI=1S/C16H26N2O/c1-13(10-14-5-7-16(19)8-6-14)18-9-3-4-15(12-18)11-17-2/h5-8,13,15,17,19H,3-4,9-12H2,1-2H3. The van der Waals surface area contributed by atoms with Crippen molar-refractivity contribution < 1.29 is 5.11 Å². The fourth-order valence-electron chi connectivity index (χ4n) is 3.06. The van der Waals surface area contributed by atoms with Gasteiger partial charge in [0.1, 0.15) is 5.75 Å². The SMILES string of the molecule is CNCC1CCCN(C(C)Cc2ccc(O)cc2)C1. The number of benzene rings is 1. The second-order valence-corrected chi connectivity index (χ2v) is 5.78. The van der Waals surface area contributed by atoms with E-state index in [1.807, 2.05) is 19.2 Å². The van der Waals surface area contributed by atoms with Crippen molar-refractivity contribution >= 4 is 0 Å². The van der Waals surface area contributed by atoms with Crippen molar-refractivity contribution in [3.05, 3.63) is 29.8 Å². The number of piperidine rings is 1. The molecule has 0 amide bonds. The molecule has 1 aliphatic rings. The first-order valence-corrected chi connectivity index (χ1v) is 7.35. The van der Waals surface area contributed by atoms with Crippen molar-refractivity contribution in [1.82, 2.24) is 10.2 Å². The van der Waals surface area contributed by atoms with Gasteiger partial charge in [0.25, 0.3) is 0 Å². The zero-order valence-electron chi connectivity index (χ0n) is 12.1. The summed E-state index contributed by atoms with van der Waals surface area (Å²) in [4.78, 5) is 2.61. The molecule has 1 heterocycles. The molecule has 2 unspecified atom stereocenters. The molecule has 1 saturated heterocycles. The summed E-state index contributed by atoms with van der Waals surface area (Å²) in [6.45, 7) is 5.87. The predicted molar refractivity (Wildman–Crippen MR) is 79.5 cm³/mol. The average Bonchev–Trinajstić information content (AvgIpc) is 2.42. The van der Waals surface area contributed by atoms with Crippen molar-refractivity contribution in [2.45, 2.75) is 32.2 Å². The third kappa shape index (κ3) is 4.22. The molecule has 2 rings (SSSR count). The number of likely N-dealkylation sites (tertiary alicyclic amines) is 1. The molecule has 3 nitrogen and oxygen atoms in total. The van der Waals surface area contributed by atoms with Gasteiger partial charge in [-0.25, -0.2) is 0 Å². The minimum atomic E-state index is 0.350. The van der Waals surface area contributed by atoms with E-state index in [2.05, 4.69) is 17.1 Å². The summed E-state index contributed by atoms with van der Waals surface area (Å²) in [7, 11) is 2.04. The van der Waals surface area contributed by atoms with E-state index in [0.29, 0.717) is 11.8 Å². The van der Waals surface area contributed by atoms with E-state index in [-0.39, 0.29) is 0 Å². The van der Waals surface area contributed by atoms with Crippen LogP contribution in [0.15, 0.2) is 24.3 Å². The Balaban J connectivity index is 1.88. The number of hydrogen-bond donors (Lipinski definition) is 2. The predicted octanol–water partition coefficient (Wildman–Crippen LogP) is 2.25. The lowest BCUT2D eigenvalue weighted by atomic mass is 9.95. The zero-order chi connectivity index (χ0) is 13.7. The van der Waals surface area contributed by atoms with E-state index in [0.717, 1.165) is 18.9 Å². The van der Waals surface area contributed by atoms with Crippen LogP contribution in [0.4, 0.5) is 0 Å². The second-order valence-electron chi connectivity index (χ2n) is 5.78. The van der Waals surface area contributed by atoms with Crippen LogP contribution in [0.3, 0.4) is 0 Å². The molecule has 3 heteroatoms. The molecule has 2 N–H and O–H groups in total. The van der Waals surface area contributed by atoms with Gasteiger partial charge in [0.2, 0.25) is 0 Å². The van der Waals surface area contributed by atoms with E-state index in [1.54, 1.807) is 12.1 Å². The fourth-order valence-corrected chi connectivity index (χ4v) is 3.06. The summed E-state index contributed by atoms with van der Waals surface area (Å²) in [5.41, 5.74) is 1.31. The Bertz CT molecular complexity index is 375. The third-order valence-corrected chi connectivity index (χ3v) is 4.13. The molecule has 0 aliphatic carbocycles. The fraction of sp³-hybridized carbons (Fsp3) is 0.625. The second kappa shape index (κ2) is 6.92. The highest BCUT2D eigenvalue weighted by Gasteiger charge is 2.23. The largest absolute Gasteiger partial charge is 0.508 e. The number of phenolic OH excluding ortho intramolecular Hbond substituents is 1. The first-order chi connectivity index (χ1) is 9.19. The molecule has 0 saturated carbocycles. The summed E-state index contributed by atoms with van der Waals surface area (Å²) in [5.74, 6) is 1.14. The number of hydrogen-bond acceptors (Lipinski definition) is 3. The quantitative estimate of drug-likeness (QED) is 0.854. The van der Waals surface area contributed by atoms with Gasteiger partial charge >= 0.3 is 0 Å². The lowest BCUT2D eigenvalue weighted by Gasteiger charge is -2.37. The van der Waals surface area contributed by atoms with Crippen LogP contribution in [0.25, 0.3) is 0 Å². The van der Waals surface area contributed by atoms with Gasteiger partial charge in [-0.15, -0.1) is 0 Å². The average molecular weight is 262 g/mol.